The van der Waals surface area contributed by atoms with Crippen LogP contribution in [0.4, 0.5) is 10.1 Å². The molecule has 0 aliphatic heterocycles. The van der Waals surface area contributed by atoms with Gasteiger partial charge in [-0.05, 0) is 55.0 Å². The highest BCUT2D eigenvalue weighted by Crippen LogP contribution is 2.20. The molecule has 0 atom stereocenters. The SMILES string of the molecule is Cc1ccc(NC(=O)Cn2cc(C(=O)c3ccncc3)c(=O)c3ccc(F)cc32)cc1Cl. The number of ketones is 1. The fourth-order valence-corrected chi connectivity index (χ4v) is 3.52. The van der Waals surface area contributed by atoms with Gasteiger partial charge in [-0.1, -0.05) is 17.7 Å². The van der Waals surface area contributed by atoms with Gasteiger partial charge in [0.1, 0.15) is 12.4 Å². The van der Waals surface area contributed by atoms with Gasteiger partial charge in [-0.3, -0.25) is 19.4 Å². The Bertz CT molecular complexity index is 1420. The molecule has 1 N–H and O–H groups in total. The number of nitrogens with one attached hydrogen (secondary N) is 1. The van der Waals surface area contributed by atoms with Gasteiger partial charge in [-0.2, -0.15) is 0 Å². The summed E-state index contributed by atoms with van der Waals surface area (Å²) in [4.78, 5) is 42.5. The van der Waals surface area contributed by atoms with Crippen molar-refractivity contribution < 1.29 is 14.0 Å². The summed E-state index contributed by atoms with van der Waals surface area (Å²) in [7, 11) is 0. The number of aryl methyl sites for hydroxylation is 1. The highest BCUT2D eigenvalue weighted by Gasteiger charge is 2.18. The number of carbonyl (C=O) groups is 2. The van der Waals surface area contributed by atoms with E-state index in [-0.39, 0.29) is 28.6 Å². The molecule has 8 heteroatoms. The highest BCUT2D eigenvalue weighted by atomic mass is 35.5. The topological polar surface area (TPSA) is 81.1 Å². The number of anilines is 1. The van der Waals surface area contributed by atoms with Gasteiger partial charge in [0.15, 0.2) is 5.78 Å². The van der Waals surface area contributed by atoms with E-state index in [9.17, 15) is 18.8 Å². The molecule has 0 fully saturated rings. The molecular weight excluding hydrogens is 433 g/mol. The van der Waals surface area contributed by atoms with Crippen LogP contribution in [-0.2, 0) is 11.3 Å². The molecule has 160 valence electrons. The number of amides is 1. The van der Waals surface area contributed by atoms with Crippen molar-refractivity contribution in [3.05, 3.63) is 105 Å². The lowest BCUT2D eigenvalue weighted by atomic mass is 10.0. The van der Waals surface area contributed by atoms with Crippen molar-refractivity contribution in [2.45, 2.75) is 13.5 Å². The van der Waals surface area contributed by atoms with Gasteiger partial charge in [0.05, 0.1) is 11.1 Å². The number of halogens is 2. The van der Waals surface area contributed by atoms with Crippen molar-refractivity contribution in [2.24, 2.45) is 0 Å². The molecular formula is C24H17ClFN3O3. The second kappa shape index (κ2) is 8.72. The van der Waals surface area contributed by atoms with Crippen LogP contribution in [0.15, 0.2) is 71.9 Å². The number of hydrogen-bond donors (Lipinski definition) is 1. The lowest BCUT2D eigenvalue weighted by Gasteiger charge is -2.14. The van der Waals surface area contributed by atoms with Gasteiger partial charge in [0.25, 0.3) is 0 Å². The normalized spacial score (nSPS) is 10.8. The Hall–Kier alpha value is -3.84. The molecule has 1 amide bonds. The van der Waals surface area contributed by atoms with E-state index >= 15 is 0 Å². The molecule has 0 radical (unpaired) electrons. The lowest BCUT2D eigenvalue weighted by Crippen LogP contribution is -2.24. The molecule has 2 heterocycles. The summed E-state index contributed by atoms with van der Waals surface area (Å²) in [5.41, 5.74) is 1.19. The summed E-state index contributed by atoms with van der Waals surface area (Å²) >= 11 is 6.11. The van der Waals surface area contributed by atoms with Gasteiger partial charge < -0.3 is 9.88 Å². The Labute approximate surface area is 187 Å². The summed E-state index contributed by atoms with van der Waals surface area (Å²) in [6.07, 6.45) is 4.18. The standard InChI is InChI=1S/C24H17ClFN3O3/c1-14-2-4-17(11-20(14)25)28-22(30)13-29-12-19(23(31)15-6-8-27-9-7-15)24(32)18-5-3-16(26)10-21(18)29/h2-12H,13H2,1H3,(H,28,30). The van der Waals surface area contributed by atoms with Crippen molar-refractivity contribution in [3.8, 4) is 0 Å². The van der Waals surface area contributed by atoms with Crippen molar-refractivity contribution in [3.63, 3.8) is 0 Å². The van der Waals surface area contributed by atoms with Crippen LogP contribution in [0.25, 0.3) is 10.9 Å². The van der Waals surface area contributed by atoms with Crippen LogP contribution in [0, 0.1) is 12.7 Å². The predicted octanol–water partition coefficient (Wildman–Crippen LogP) is 4.37. The van der Waals surface area contributed by atoms with Crippen LogP contribution >= 0.6 is 11.6 Å². The molecule has 4 rings (SSSR count). The van der Waals surface area contributed by atoms with E-state index in [1.54, 1.807) is 18.2 Å². The van der Waals surface area contributed by atoms with Crippen LogP contribution in [0.3, 0.4) is 0 Å². The van der Waals surface area contributed by atoms with Crippen LogP contribution in [0.2, 0.25) is 5.02 Å². The molecule has 0 aliphatic carbocycles. The summed E-state index contributed by atoms with van der Waals surface area (Å²) in [5, 5.41) is 3.36. The molecule has 32 heavy (non-hydrogen) atoms. The van der Waals surface area contributed by atoms with E-state index < -0.39 is 22.9 Å². The number of fused-ring (bicyclic) bond motifs is 1. The molecule has 0 bridgehead atoms. The number of benzene rings is 2. The Morgan fingerprint density at radius 1 is 1.09 bits per heavy atom. The third kappa shape index (κ3) is 4.29. The molecule has 2 aromatic carbocycles. The van der Waals surface area contributed by atoms with Gasteiger partial charge in [-0.15, -0.1) is 0 Å². The number of pyridine rings is 2. The van der Waals surface area contributed by atoms with E-state index in [0.29, 0.717) is 10.7 Å². The highest BCUT2D eigenvalue weighted by molar-refractivity contribution is 6.31. The van der Waals surface area contributed by atoms with E-state index in [4.69, 9.17) is 11.6 Å². The predicted molar refractivity (Wildman–Crippen MR) is 121 cm³/mol. The first-order valence-electron chi connectivity index (χ1n) is 9.67. The van der Waals surface area contributed by atoms with E-state index in [2.05, 4.69) is 10.3 Å². The fraction of sp³-hybridized carbons (Fsp3) is 0.0833. The molecule has 4 aromatic rings. The molecule has 0 saturated heterocycles. The summed E-state index contributed by atoms with van der Waals surface area (Å²) in [6.45, 7) is 1.60. The smallest absolute Gasteiger partial charge is 0.244 e. The minimum atomic E-state index is -0.565. The minimum Gasteiger partial charge on any atom is -0.337 e. The van der Waals surface area contributed by atoms with Crippen LogP contribution < -0.4 is 10.7 Å². The Kier molecular flexibility index (Phi) is 5.83. The molecule has 0 unspecified atom stereocenters. The van der Waals surface area contributed by atoms with Gasteiger partial charge in [0.2, 0.25) is 11.3 Å². The number of aromatic nitrogens is 2. The lowest BCUT2D eigenvalue weighted by molar-refractivity contribution is -0.116. The third-order valence-electron chi connectivity index (χ3n) is 5.00. The minimum absolute atomic E-state index is 0.124. The van der Waals surface area contributed by atoms with Crippen molar-refractivity contribution in [1.29, 1.82) is 0 Å². The van der Waals surface area contributed by atoms with Gasteiger partial charge in [0, 0.05) is 40.3 Å². The zero-order valence-corrected chi connectivity index (χ0v) is 17.7. The third-order valence-corrected chi connectivity index (χ3v) is 5.41. The van der Waals surface area contributed by atoms with E-state index in [0.717, 1.165) is 17.7 Å². The maximum Gasteiger partial charge on any atom is 0.244 e. The number of nitrogens with zero attached hydrogens (tertiary/aromatic N) is 2. The maximum absolute atomic E-state index is 13.9. The zero-order chi connectivity index (χ0) is 22.8. The summed E-state index contributed by atoms with van der Waals surface area (Å²) < 4.78 is 15.3. The van der Waals surface area contributed by atoms with E-state index in [1.165, 1.54) is 41.4 Å². The quantitative estimate of drug-likeness (QED) is 0.459. The Balaban J connectivity index is 1.75. The molecule has 0 aliphatic rings. The number of hydrogen-bond acceptors (Lipinski definition) is 4. The first-order valence-corrected chi connectivity index (χ1v) is 10.0. The summed E-state index contributed by atoms with van der Waals surface area (Å²) in [5.74, 6) is -1.51. The number of rotatable bonds is 5. The van der Waals surface area contributed by atoms with Crippen LogP contribution in [0.5, 0.6) is 0 Å². The van der Waals surface area contributed by atoms with Crippen molar-refractivity contribution >= 4 is 39.9 Å². The fourth-order valence-electron chi connectivity index (χ4n) is 3.34. The van der Waals surface area contributed by atoms with Crippen LogP contribution in [-0.4, -0.2) is 21.2 Å². The zero-order valence-electron chi connectivity index (χ0n) is 16.9. The van der Waals surface area contributed by atoms with Gasteiger partial charge in [-0.25, -0.2) is 4.39 Å². The average Bonchev–Trinajstić information content (AvgIpc) is 2.78. The number of carbonyl (C=O) groups excluding carboxylic acids is 2. The average molecular weight is 450 g/mol. The van der Waals surface area contributed by atoms with Crippen LogP contribution in [0.1, 0.15) is 21.5 Å². The van der Waals surface area contributed by atoms with Crippen molar-refractivity contribution in [2.75, 3.05) is 5.32 Å². The second-order valence-electron chi connectivity index (χ2n) is 7.24. The molecule has 0 saturated carbocycles. The van der Waals surface area contributed by atoms with Gasteiger partial charge >= 0.3 is 0 Å². The molecule has 2 aromatic heterocycles. The maximum atomic E-state index is 13.9. The summed E-state index contributed by atoms with van der Waals surface area (Å²) in [6, 6.07) is 11.7. The first kappa shape index (κ1) is 21.4. The first-order chi connectivity index (χ1) is 15.3. The monoisotopic (exact) mass is 449 g/mol. The largest absolute Gasteiger partial charge is 0.337 e. The molecule has 0 spiro atoms. The van der Waals surface area contributed by atoms with Crippen molar-refractivity contribution in [1.82, 2.24) is 9.55 Å². The Morgan fingerprint density at radius 3 is 2.56 bits per heavy atom. The molecule has 6 nitrogen and oxygen atoms in total. The van der Waals surface area contributed by atoms with E-state index in [1.807, 2.05) is 6.92 Å². The Morgan fingerprint density at radius 2 is 1.84 bits per heavy atom. The second-order valence-corrected chi connectivity index (χ2v) is 7.65.